The van der Waals surface area contributed by atoms with Crippen molar-refractivity contribution in [3.63, 3.8) is 0 Å². The zero-order valence-corrected chi connectivity index (χ0v) is 13.9. The molecule has 1 aromatic heterocycles. The lowest BCUT2D eigenvalue weighted by atomic mass is 9.93. The highest BCUT2D eigenvalue weighted by Crippen LogP contribution is 2.26. The Bertz CT molecular complexity index is 508. The fourth-order valence-corrected chi connectivity index (χ4v) is 2.57. The van der Waals surface area contributed by atoms with Gasteiger partial charge in [-0.1, -0.05) is 41.0 Å². The van der Waals surface area contributed by atoms with Gasteiger partial charge in [-0.3, -0.25) is 5.32 Å². The van der Waals surface area contributed by atoms with E-state index in [0.29, 0.717) is 11.6 Å². The van der Waals surface area contributed by atoms with E-state index in [1.807, 2.05) is 33.1 Å². The van der Waals surface area contributed by atoms with E-state index in [4.69, 9.17) is 5.11 Å². The van der Waals surface area contributed by atoms with E-state index in [9.17, 15) is 9.59 Å². The Morgan fingerprint density at radius 1 is 1.43 bits per heavy atom. The zero-order valence-electron chi connectivity index (χ0n) is 13.1. The number of rotatable bonds is 5. The lowest BCUT2D eigenvalue weighted by Crippen LogP contribution is -2.46. The summed E-state index contributed by atoms with van der Waals surface area (Å²) in [6.45, 7) is 9.79. The summed E-state index contributed by atoms with van der Waals surface area (Å²) in [4.78, 5) is 27.4. The molecular weight excluding hydrogens is 290 g/mol. The Hall–Kier alpha value is -1.63. The average Bonchev–Trinajstić information content (AvgIpc) is 2.83. The average molecular weight is 313 g/mol. The molecule has 6 nitrogen and oxygen atoms in total. The summed E-state index contributed by atoms with van der Waals surface area (Å²) in [5.74, 6) is -1.18. The minimum absolute atomic E-state index is 0.0900. The van der Waals surface area contributed by atoms with Crippen molar-refractivity contribution in [1.82, 2.24) is 10.3 Å². The molecule has 2 atom stereocenters. The molecule has 0 aliphatic heterocycles. The van der Waals surface area contributed by atoms with Gasteiger partial charge in [-0.2, -0.15) is 0 Å². The third-order valence-corrected chi connectivity index (χ3v) is 4.02. The number of urea groups is 1. The van der Waals surface area contributed by atoms with Crippen LogP contribution < -0.4 is 10.6 Å². The van der Waals surface area contributed by atoms with Crippen LogP contribution >= 0.6 is 11.3 Å². The zero-order chi connectivity index (χ0) is 16.2. The van der Waals surface area contributed by atoms with Crippen molar-refractivity contribution in [2.45, 2.75) is 52.5 Å². The van der Waals surface area contributed by atoms with Gasteiger partial charge in [0.05, 0.1) is 5.69 Å². The number of aliphatic carboxylic acids is 1. The molecule has 0 saturated carbocycles. The van der Waals surface area contributed by atoms with Gasteiger partial charge >= 0.3 is 12.0 Å². The van der Waals surface area contributed by atoms with E-state index in [1.54, 1.807) is 6.92 Å². The van der Waals surface area contributed by atoms with Crippen LogP contribution in [-0.2, 0) is 10.2 Å². The first-order chi connectivity index (χ1) is 9.65. The number of carboxylic acid groups (broad SMARTS) is 1. The van der Waals surface area contributed by atoms with Crippen molar-refractivity contribution < 1.29 is 14.7 Å². The Morgan fingerprint density at radius 2 is 2.05 bits per heavy atom. The monoisotopic (exact) mass is 313 g/mol. The second-order valence-electron chi connectivity index (χ2n) is 6.09. The van der Waals surface area contributed by atoms with E-state index < -0.39 is 18.0 Å². The molecule has 1 heterocycles. The number of thiazole rings is 1. The number of carbonyl (C=O) groups excluding carboxylic acids is 1. The van der Waals surface area contributed by atoms with Crippen LogP contribution in [0.4, 0.5) is 9.93 Å². The molecular formula is C14H23N3O3S. The van der Waals surface area contributed by atoms with Crippen LogP contribution in [0.3, 0.4) is 0 Å². The quantitative estimate of drug-likeness (QED) is 0.779. The Balaban J connectivity index is 2.68. The van der Waals surface area contributed by atoms with Gasteiger partial charge in [0.15, 0.2) is 5.13 Å². The Kier molecular flexibility index (Phi) is 5.71. The van der Waals surface area contributed by atoms with Crippen molar-refractivity contribution in [3.05, 3.63) is 11.1 Å². The molecule has 118 valence electrons. The molecule has 0 fully saturated rings. The SMILES string of the molecule is CCC(C)[C@H](NC(=O)Nc1nc(C(C)(C)C)cs1)C(=O)O. The summed E-state index contributed by atoms with van der Waals surface area (Å²) in [6, 6.07) is -1.45. The molecule has 3 N–H and O–H groups in total. The predicted molar refractivity (Wildman–Crippen MR) is 83.8 cm³/mol. The molecule has 0 aliphatic rings. The van der Waals surface area contributed by atoms with Crippen molar-refractivity contribution in [1.29, 1.82) is 0 Å². The second-order valence-corrected chi connectivity index (χ2v) is 6.95. The summed E-state index contributed by atoms with van der Waals surface area (Å²) in [6.07, 6.45) is 0.669. The highest BCUT2D eigenvalue weighted by Gasteiger charge is 2.26. The molecule has 21 heavy (non-hydrogen) atoms. The van der Waals surface area contributed by atoms with E-state index in [0.717, 1.165) is 5.69 Å². The van der Waals surface area contributed by atoms with Crippen LogP contribution in [0.5, 0.6) is 0 Å². The van der Waals surface area contributed by atoms with Crippen LogP contribution in [0.1, 0.15) is 46.7 Å². The first-order valence-corrected chi connectivity index (χ1v) is 7.79. The van der Waals surface area contributed by atoms with Crippen molar-refractivity contribution >= 4 is 28.5 Å². The number of hydrogen-bond acceptors (Lipinski definition) is 4. The molecule has 1 aromatic rings. The number of nitrogens with zero attached hydrogens (tertiary/aromatic N) is 1. The van der Waals surface area contributed by atoms with Crippen LogP contribution in [0, 0.1) is 5.92 Å². The van der Waals surface area contributed by atoms with Gasteiger partial charge in [-0.05, 0) is 5.92 Å². The number of amides is 2. The summed E-state index contributed by atoms with van der Waals surface area (Å²) >= 11 is 1.32. The molecule has 0 aromatic carbocycles. The third-order valence-electron chi connectivity index (χ3n) is 3.26. The number of hydrogen-bond donors (Lipinski definition) is 3. The molecule has 0 spiro atoms. The maximum Gasteiger partial charge on any atom is 0.326 e. The van der Waals surface area contributed by atoms with Crippen LogP contribution in [0.15, 0.2) is 5.38 Å². The lowest BCUT2D eigenvalue weighted by molar-refractivity contribution is -0.140. The molecule has 0 saturated heterocycles. The van der Waals surface area contributed by atoms with Gasteiger partial charge in [0.1, 0.15) is 6.04 Å². The Morgan fingerprint density at radius 3 is 2.48 bits per heavy atom. The number of carboxylic acids is 1. The first-order valence-electron chi connectivity index (χ1n) is 6.91. The maximum atomic E-state index is 11.9. The molecule has 7 heteroatoms. The predicted octanol–water partition coefficient (Wildman–Crippen LogP) is 3.06. The standard InChI is InChI=1S/C14H23N3O3S/c1-6-8(2)10(11(18)19)16-12(20)17-13-15-9(7-21-13)14(3,4)5/h7-8,10H,6H2,1-5H3,(H,18,19)(H2,15,16,17,20)/t8?,10-/m0/s1. The minimum atomic E-state index is -1.03. The summed E-state index contributed by atoms with van der Waals surface area (Å²) in [7, 11) is 0. The van der Waals surface area contributed by atoms with E-state index in [1.165, 1.54) is 11.3 Å². The van der Waals surface area contributed by atoms with Crippen molar-refractivity contribution in [3.8, 4) is 0 Å². The lowest BCUT2D eigenvalue weighted by Gasteiger charge is -2.20. The molecule has 0 radical (unpaired) electrons. The van der Waals surface area contributed by atoms with E-state index in [-0.39, 0.29) is 11.3 Å². The van der Waals surface area contributed by atoms with Crippen molar-refractivity contribution in [2.75, 3.05) is 5.32 Å². The molecule has 0 bridgehead atoms. The van der Waals surface area contributed by atoms with Gasteiger partial charge < -0.3 is 10.4 Å². The summed E-state index contributed by atoms with van der Waals surface area (Å²) in [5.41, 5.74) is 0.798. The molecule has 2 amide bonds. The van der Waals surface area contributed by atoms with Gasteiger partial charge in [0, 0.05) is 10.8 Å². The van der Waals surface area contributed by atoms with Gasteiger partial charge in [-0.15, -0.1) is 11.3 Å². The summed E-state index contributed by atoms with van der Waals surface area (Å²) < 4.78 is 0. The Labute approximate surface area is 129 Å². The topological polar surface area (TPSA) is 91.3 Å². The second kappa shape index (κ2) is 6.89. The van der Waals surface area contributed by atoms with Gasteiger partial charge in [0.2, 0.25) is 0 Å². The fraction of sp³-hybridized carbons (Fsp3) is 0.643. The van der Waals surface area contributed by atoms with Crippen molar-refractivity contribution in [2.24, 2.45) is 5.92 Å². The number of aromatic nitrogens is 1. The highest BCUT2D eigenvalue weighted by molar-refractivity contribution is 7.13. The van der Waals surface area contributed by atoms with E-state index in [2.05, 4.69) is 15.6 Å². The summed E-state index contributed by atoms with van der Waals surface area (Å²) in [5, 5.41) is 16.6. The fourth-order valence-electron chi connectivity index (χ4n) is 1.63. The van der Waals surface area contributed by atoms with E-state index >= 15 is 0 Å². The highest BCUT2D eigenvalue weighted by atomic mass is 32.1. The molecule has 1 unspecified atom stereocenters. The largest absolute Gasteiger partial charge is 0.480 e. The molecule has 1 rings (SSSR count). The van der Waals surface area contributed by atoms with Crippen LogP contribution in [0.2, 0.25) is 0 Å². The number of nitrogens with one attached hydrogen (secondary N) is 2. The third kappa shape index (κ3) is 5.00. The van der Waals surface area contributed by atoms with Crippen LogP contribution in [-0.4, -0.2) is 28.1 Å². The van der Waals surface area contributed by atoms with Gasteiger partial charge in [0.25, 0.3) is 0 Å². The maximum absolute atomic E-state index is 11.9. The molecule has 0 aliphatic carbocycles. The number of carbonyl (C=O) groups is 2. The first kappa shape index (κ1) is 17.4. The number of anilines is 1. The minimum Gasteiger partial charge on any atom is -0.480 e. The smallest absolute Gasteiger partial charge is 0.326 e. The van der Waals surface area contributed by atoms with Gasteiger partial charge in [-0.25, -0.2) is 14.6 Å². The normalized spacial score (nSPS) is 14.3. The van der Waals surface area contributed by atoms with Crippen LogP contribution in [0.25, 0.3) is 0 Å².